The van der Waals surface area contributed by atoms with Crippen molar-refractivity contribution in [1.82, 2.24) is 0 Å². The number of hydrogen-bond donors (Lipinski definition) is 0. The van der Waals surface area contributed by atoms with Gasteiger partial charge in [-0.15, -0.1) is 0 Å². The first-order chi connectivity index (χ1) is 29.7. The molecule has 2 nitrogen and oxygen atoms in total. The summed E-state index contributed by atoms with van der Waals surface area (Å²) in [5.74, 6) is 0. The molecule has 12 aromatic rings. The molecule has 11 aromatic carbocycles. The lowest BCUT2D eigenvalue weighted by Crippen LogP contribution is -2.11. The van der Waals surface area contributed by atoms with Crippen LogP contribution in [0, 0.1) is 0 Å². The SMILES string of the molecule is c1cc(-c2ccc3c(ccc4ccccc43)c2)cc(N(c2ccccc2-c2ccc(-c3cccc4c3ccc3ccccc34)cc2)c2cccc3oc4ccccc4c23)c1. The predicted molar refractivity (Wildman–Crippen MR) is 255 cm³/mol. The molecule has 0 amide bonds. The summed E-state index contributed by atoms with van der Waals surface area (Å²) in [6, 6.07) is 81.3. The topological polar surface area (TPSA) is 16.4 Å². The van der Waals surface area contributed by atoms with Crippen LogP contribution in [-0.2, 0) is 0 Å². The van der Waals surface area contributed by atoms with E-state index < -0.39 is 0 Å². The van der Waals surface area contributed by atoms with Crippen molar-refractivity contribution in [1.29, 1.82) is 0 Å². The van der Waals surface area contributed by atoms with Crippen LogP contribution >= 0.6 is 0 Å². The molecule has 0 atom stereocenters. The Balaban J connectivity index is 1.02. The predicted octanol–water partition coefficient (Wildman–Crippen LogP) is 16.7. The minimum atomic E-state index is 0.862. The minimum Gasteiger partial charge on any atom is -0.456 e. The Morgan fingerprint density at radius 3 is 1.67 bits per heavy atom. The Morgan fingerprint density at radius 1 is 0.283 bits per heavy atom. The maximum Gasteiger partial charge on any atom is 0.137 e. The van der Waals surface area contributed by atoms with Crippen molar-refractivity contribution in [3.63, 3.8) is 0 Å². The van der Waals surface area contributed by atoms with Crippen molar-refractivity contribution in [3.8, 4) is 33.4 Å². The molecule has 0 aliphatic heterocycles. The first-order valence-corrected chi connectivity index (χ1v) is 20.6. The summed E-state index contributed by atoms with van der Waals surface area (Å²) < 4.78 is 6.48. The van der Waals surface area contributed by atoms with E-state index in [2.05, 4.69) is 223 Å². The zero-order chi connectivity index (χ0) is 39.6. The lowest BCUT2D eigenvalue weighted by atomic mass is 9.93. The van der Waals surface area contributed by atoms with E-state index in [-0.39, 0.29) is 0 Å². The van der Waals surface area contributed by atoms with Gasteiger partial charge >= 0.3 is 0 Å². The van der Waals surface area contributed by atoms with E-state index in [9.17, 15) is 0 Å². The first kappa shape index (κ1) is 34.1. The fourth-order valence-electron chi connectivity index (χ4n) is 9.40. The molecule has 0 saturated carbocycles. The summed E-state index contributed by atoms with van der Waals surface area (Å²) in [7, 11) is 0. The highest BCUT2D eigenvalue weighted by atomic mass is 16.3. The standard InChI is InChI=1S/C58H37NO/c1-3-16-46-38(12-1)30-31-44-36-43(33-34-49(44)46)42-14-9-15-45(37-42)59(55-23-11-25-57-58(55)53-19-6-8-24-56(53)60-57)54-22-7-5-18-50(54)41-28-26-40(27-29-41)48-20-10-21-51-47-17-4-2-13-39(47)32-35-52(48)51/h1-37H. The monoisotopic (exact) mass is 763 g/mol. The quantitative estimate of drug-likeness (QED) is 0.157. The van der Waals surface area contributed by atoms with Crippen molar-refractivity contribution in [2.24, 2.45) is 0 Å². The van der Waals surface area contributed by atoms with E-state index in [1.807, 2.05) is 6.07 Å². The second kappa shape index (κ2) is 13.9. The smallest absolute Gasteiger partial charge is 0.137 e. The fraction of sp³-hybridized carbons (Fsp3) is 0. The maximum absolute atomic E-state index is 6.48. The van der Waals surface area contributed by atoms with Gasteiger partial charge in [0.25, 0.3) is 0 Å². The van der Waals surface area contributed by atoms with Crippen molar-refractivity contribution in [2.75, 3.05) is 4.90 Å². The Bertz CT molecular complexity index is 3610. The molecule has 0 N–H and O–H groups in total. The number of fused-ring (bicyclic) bond motifs is 9. The Morgan fingerprint density at radius 2 is 0.817 bits per heavy atom. The molecule has 1 heterocycles. The fourth-order valence-corrected chi connectivity index (χ4v) is 9.40. The van der Waals surface area contributed by atoms with E-state index in [0.29, 0.717) is 0 Å². The highest BCUT2D eigenvalue weighted by molar-refractivity contribution is 6.15. The molecule has 0 aliphatic rings. The molecule has 1 aromatic heterocycles. The van der Waals surface area contributed by atoms with Gasteiger partial charge in [-0.05, 0) is 113 Å². The van der Waals surface area contributed by atoms with E-state index >= 15 is 0 Å². The summed E-state index contributed by atoms with van der Waals surface area (Å²) in [6.07, 6.45) is 0. The molecule has 0 saturated heterocycles. The number of para-hydroxylation sites is 2. The summed E-state index contributed by atoms with van der Waals surface area (Å²) in [4.78, 5) is 2.42. The normalized spacial score (nSPS) is 11.7. The van der Waals surface area contributed by atoms with Crippen LogP contribution in [0.3, 0.4) is 0 Å². The summed E-state index contributed by atoms with van der Waals surface area (Å²) >= 11 is 0. The van der Waals surface area contributed by atoms with Gasteiger partial charge in [-0.2, -0.15) is 0 Å². The highest BCUT2D eigenvalue weighted by Crippen LogP contribution is 2.47. The number of rotatable bonds is 6. The van der Waals surface area contributed by atoms with Crippen LogP contribution in [0.25, 0.3) is 98.4 Å². The van der Waals surface area contributed by atoms with E-state index in [1.54, 1.807) is 0 Å². The average molecular weight is 764 g/mol. The van der Waals surface area contributed by atoms with Crippen molar-refractivity contribution in [2.45, 2.75) is 0 Å². The first-order valence-electron chi connectivity index (χ1n) is 20.6. The number of furan rings is 1. The van der Waals surface area contributed by atoms with Crippen LogP contribution in [0.4, 0.5) is 17.1 Å². The Hall–Kier alpha value is -7.94. The summed E-state index contributed by atoms with van der Waals surface area (Å²) in [6.45, 7) is 0. The van der Waals surface area contributed by atoms with E-state index in [4.69, 9.17) is 4.42 Å². The second-order valence-corrected chi connectivity index (χ2v) is 15.6. The number of anilines is 3. The molecular formula is C58H37NO. The van der Waals surface area contributed by atoms with Gasteiger partial charge < -0.3 is 9.32 Å². The number of nitrogens with zero attached hydrogens (tertiary/aromatic N) is 1. The van der Waals surface area contributed by atoms with Gasteiger partial charge in [0.05, 0.1) is 16.8 Å². The van der Waals surface area contributed by atoms with Crippen LogP contribution in [0.15, 0.2) is 229 Å². The zero-order valence-electron chi connectivity index (χ0n) is 32.7. The molecule has 0 fully saturated rings. The van der Waals surface area contributed by atoms with E-state index in [1.165, 1.54) is 59.8 Å². The lowest BCUT2D eigenvalue weighted by Gasteiger charge is -2.29. The third kappa shape index (κ3) is 5.57. The largest absolute Gasteiger partial charge is 0.456 e. The van der Waals surface area contributed by atoms with E-state index in [0.717, 1.165) is 55.7 Å². The van der Waals surface area contributed by atoms with Gasteiger partial charge in [-0.3, -0.25) is 0 Å². The second-order valence-electron chi connectivity index (χ2n) is 15.6. The van der Waals surface area contributed by atoms with Gasteiger partial charge in [-0.1, -0.05) is 182 Å². The molecule has 60 heavy (non-hydrogen) atoms. The van der Waals surface area contributed by atoms with Gasteiger partial charge in [-0.25, -0.2) is 0 Å². The third-order valence-corrected chi connectivity index (χ3v) is 12.2. The molecular weight excluding hydrogens is 727 g/mol. The van der Waals surface area contributed by atoms with Crippen LogP contribution in [0.2, 0.25) is 0 Å². The van der Waals surface area contributed by atoms with Crippen molar-refractivity contribution >= 4 is 82.1 Å². The van der Waals surface area contributed by atoms with Crippen LogP contribution in [-0.4, -0.2) is 0 Å². The molecule has 0 bridgehead atoms. The zero-order valence-corrected chi connectivity index (χ0v) is 32.7. The summed E-state index contributed by atoms with van der Waals surface area (Å²) in [5.41, 5.74) is 12.0. The Kier molecular flexibility index (Phi) is 7.89. The molecule has 0 spiro atoms. The van der Waals surface area contributed by atoms with Crippen LogP contribution < -0.4 is 4.90 Å². The van der Waals surface area contributed by atoms with Gasteiger partial charge in [0.15, 0.2) is 0 Å². The Labute approximate surface area is 347 Å². The molecule has 0 radical (unpaired) electrons. The van der Waals surface area contributed by atoms with Crippen LogP contribution in [0.1, 0.15) is 0 Å². The maximum atomic E-state index is 6.48. The number of benzene rings is 11. The van der Waals surface area contributed by atoms with Crippen molar-refractivity contribution < 1.29 is 4.42 Å². The molecule has 12 rings (SSSR count). The van der Waals surface area contributed by atoms with Gasteiger partial charge in [0.1, 0.15) is 11.2 Å². The molecule has 280 valence electrons. The van der Waals surface area contributed by atoms with Crippen molar-refractivity contribution in [3.05, 3.63) is 224 Å². The molecule has 0 unspecified atom stereocenters. The molecule has 0 aliphatic carbocycles. The van der Waals surface area contributed by atoms with Gasteiger partial charge in [0, 0.05) is 16.6 Å². The summed E-state index contributed by atoms with van der Waals surface area (Å²) in [5, 5.41) is 12.3. The highest BCUT2D eigenvalue weighted by Gasteiger charge is 2.22. The average Bonchev–Trinajstić information content (AvgIpc) is 3.71. The van der Waals surface area contributed by atoms with Crippen LogP contribution in [0.5, 0.6) is 0 Å². The minimum absolute atomic E-state index is 0.862. The lowest BCUT2D eigenvalue weighted by molar-refractivity contribution is 0.669. The third-order valence-electron chi connectivity index (χ3n) is 12.2. The number of hydrogen-bond acceptors (Lipinski definition) is 2. The molecule has 2 heteroatoms. The van der Waals surface area contributed by atoms with Gasteiger partial charge in [0.2, 0.25) is 0 Å².